The highest BCUT2D eigenvalue weighted by atomic mass is 16.4. The van der Waals surface area contributed by atoms with Crippen LogP contribution in [0.2, 0.25) is 0 Å². The summed E-state index contributed by atoms with van der Waals surface area (Å²) < 4.78 is 0. The van der Waals surface area contributed by atoms with Crippen molar-refractivity contribution in [2.45, 2.75) is 6.42 Å². The second-order valence-electron chi connectivity index (χ2n) is 4.45. The fourth-order valence-electron chi connectivity index (χ4n) is 2.37. The third-order valence-electron chi connectivity index (χ3n) is 3.28. The Labute approximate surface area is 118 Å². The highest BCUT2D eigenvalue weighted by Crippen LogP contribution is 2.38. The molecule has 0 unspecified atom stereocenters. The molecule has 20 heavy (non-hydrogen) atoms. The standard InChI is InChI=1S/C15H12.C3H4O2/c1-2-11-7-5-9-14-13-8-4-3-6-12(13)10-15(11)14;1-2-3(4)5/h2-9H,1,10H2;2H,1H2,(H,4,5). The maximum atomic E-state index is 9.25. The Kier molecular flexibility index (Phi) is 4.16. The monoisotopic (exact) mass is 264 g/mol. The quantitative estimate of drug-likeness (QED) is 0.706. The van der Waals surface area contributed by atoms with Crippen LogP contribution in [0.4, 0.5) is 0 Å². The lowest BCUT2D eigenvalue weighted by Crippen LogP contribution is -1.84. The van der Waals surface area contributed by atoms with Gasteiger partial charge in [-0.3, -0.25) is 0 Å². The predicted octanol–water partition coefficient (Wildman–Crippen LogP) is 4.16. The fraction of sp³-hybridized carbons (Fsp3) is 0.0556. The lowest BCUT2D eigenvalue weighted by Gasteiger charge is -2.03. The third-order valence-corrected chi connectivity index (χ3v) is 3.28. The summed E-state index contributed by atoms with van der Waals surface area (Å²) in [5.74, 6) is -0.981. The van der Waals surface area contributed by atoms with E-state index >= 15 is 0 Å². The van der Waals surface area contributed by atoms with Gasteiger partial charge in [0.25, 0.3) is 0 Å². The lowest BCUT2D eigenvalue weighted by molar-refractivity contribution is -0.131. The topological polar surface area (TPSA) is 37.3 Å². The second kappa shape index (κ2) is 6.02. The average Bonchev–Trinajstić information content (AvgIpc) is 2.86. The number of carboxylic acids is 1. The van der Waals surface area contributed by atoms with Crippen molar-refractivity contribution < 1.29 is 9.90 Å². The number of carboxylic acid groups (broad SMARTS) is 1. The highest BCUT2D eigenvalue weighted by Gasteiger charge is 2.18. The summed E-state index contributed by atoms with van der Waals surface area (Å²) in [5.41, 5.74) is 6.89. The molecule has 1 aliphatic rings. The van der Waals surface area contributed by atoms with Crippen LogP contribution in [0.15, 0.2) is 61.7 Å². The zero-order valence-electron chi connectivity index (χ0n) is 11.2. The minimum Gasteiger partial charge on any atom is -0.478 e. The van der Waals surface area contributed by atoms with Gasteiger partial charge in [-0.2, -0.15) is 0 Å². The molecule has 0 aromatic heterocycles. The normalized spacial score (nSPS) is 10.6. The Bertz CT molecular complexity index is 669. The van der Waals surface area contributed by atoms with Crippen LogP contribution >= 0.6 is 0 Å². The first-order chi connectivity index (χ1) is 9.67. The molecular weight excluding hydrogens is 248 g/mol. The van der Waals surface area contributed by atoms with Crippen LogP contribution in [0.25, 0.3) is 17.2 Å². The zero-order valence-corrected chi connectivity index (χ0v) is 11.2. The van der Waals surface area contributed by atoms with E-state index in [1.165, 1.54) is 27.8 Å². The van der Waals surface area contributed by atoms with E-state index in [4.69, 9.17) is 5.11 Å². The molecule has 2 aromatic rings. The third kappa shape index (κ3) is 2.69. The van der Waals surface area contributed by atoms with Gasteiger partial charge in [0.1, 0.15) is 0 Å². The Hall–Kier alpha value is -2.61. The van der Waals surface area contributed by atoms with Gasteiger partial charge >= 0.3 is 5.97 Å². The predicted molar refractivity (Wildman–Crippen MR) is 82.6 cm³/mol. The molecule has 0 heterocycles. The molecule has 1 N–H and O–H groups in total. The smallest absolute Gasteiger partial charge is 0.327 e. The summed E-state index contributed by atoms with van der Waals surface area (Å²) in [6.45, 7) is 6.83. The van der Waals surface area contributed by atoms with Crippen molar-refractivity contribution in [3.8, 4) is 11.1 Å². The zero-order chi connectivity index (χ0) is 14.5. The minimum absolute atomic E-state index is 0.833. The van der Waals surface area contributed by atoms with Gasteiger partial charge in [0, 0.05) is 6.08 Å². The van der Waals surface area contributed by atoms with Gasteiger partial charge in [-0.1, -0.05) is 61.7 Å². The first-order valence-corrected chi connectivity index (χ1v) is 6.35. The van der Waals surface area contributed by atoms with Crippen molar-refractivity contribution in [2.75, 3.05) is 0 Å². The van der Waals surface area contributed by atoms with Crippen molar-refractivity contribution in [3.63, 3.8) is 0 Å². The van der Waals surface area contributed by atoms with Gasteiger partial charge in [0.2, 0.25) is 0 Å². The molecule has 0 spiro atoms. The van der Waals surface area contributed by atoms with E-state index in [2.05, 4.69) is 55.6 Å². The molecule has 0 saturated carbocycles. The molecule has 0 atom stereocenters. The summed E-state index contributed by atoms with van der Waals surface area (Å²) in [6.07, 6.45) is 3.83. The van der Waals surface area contributed by atoms with Gasteiger partial charge in [-0.25, -0.2) is 4.79 Å². The van der Waals surface area contributed by atoms with E-state index in [0.29, 0.717) is 0 Å². The molecule has 0 fully saturated rings. The van der Waals surface area contributed by atoms with E-state index in [1.807, 2.05) is 6.08 Å². The van der Waals surface area contributed by atoms with Crippen LogP contribution in [0.3, 0.4) is 0 Å². The largest absolute Gasteiger partial charge is 0.478 e. The Morgan fingerprint density at radius 1 is 1.05 bits per heavy atom. The fourth-order valence-corrected chi connectivity index (χ4v) is 2.37. The summed E-state index contributed by atoms with van der Waals surface area (Å²) in [7, 11) is 0. The molecule has 0 amide bonds. The molecule has 2 heteroatoms. The van der Waals surface area contributed by atoms with Crippen LogP contribution in [0.5, 0.6) is 0 Å². The van der Waals surface area contributed by atoms with E-state index in [9.17, 15) is 4.79 Å². The Morgan fingerprint density at radius 2 is 1.70 bits per heavy atom. The van der Waals surface area contributed by atoms with Gasteiger partial charge in [0.15, 0.2) is 0 Å². The Morgan fingerprint density at radius 3 is 2.35 bits per heavy atom. The summed E-state index contributed by atoms with van der Waals surface area (Å²) in [4.78, 5) is 9.25. The van der Waals surface area contributed by atoms with Crippen molar-refractivity contribution >= 4 is 12.0 Å². The first-order valence-electron chi connectivity index (χ1n) is 6.35. The maximum absolute atomic E-state index is 9.25. The second-order valence-corrected chi connectivity index (χ2v) is 4.45. The molecule has 3 rings (SSSR count). The molecule has 0 aliphatic heterocycles. The molecule has 2 aromatic carbocycles. The lowest BCUT2D eigenvalue weighted by atomic mass is 10.0. The van der Waals surface area contributed by atoms with E-state index < -0.39 is 5.97 Å². The van der Waals surface area contributed by atoms with Gasteiger partial charge in [0.05, 0.1) is 0 Å². The summed E-state index contributed by atoms with van der Waals surface area (Å²) >= 11 is 0. The van der Waals surface area contributed by atoms with Crippen molar-refractivity contribution in [2.24, 2.45) is 0 Å². The van der Waals surface area contributed by atoms with Crippen LogP contribution < -0.4 is 0 Å². The first kappa shape index (κ1) is 13.8. The highest BCUT2D eigenvalue weighted by molar-refractivity contribution is 5.80. The SMILES string of the molecule is C=CC(=O)O.C=Cc1cccc2c1Cc1ccccc1-2. The Balaban J connectivity index is 0.000000257. The van der Waals surface area contributed by atoms with E-state index in [-0.39, 0.29) is 0 Å². The van der Waals surface area contributed by atoms with Crippen LogP contribution in [-0.4, -0.2) is 11.1 Å². The number of aliphatic carboxylic acids is 1. The van der Waals surface area contributed by atoms with Crippen molar-refractivity contribution in [3.05, 3.63) is 78.4 Å². The van der Waals surface area contributed by atoms with E-state index in [0.717, 1.165) is 12.5 Å². The number of hydrogen-bond donors (Lipinski definition) is 1. The van der Waals surface area contributed by atoms with Gasteiger partial charge < -0.3 is 5.11 Å². The number of rotatable bonds is 2. The van der Waals surface area contributed by atoms with Crippen molar-refractivity contribution in [1.29, 1.82) is 0 Å². The molecule has 0 saturated heterocycles. The van der Waals surface area contributed by atoms with Crippen molar-refractivity contribution in [1.82, 2.24) is 0 Å². The maximum Gasteiger partial charge on any atom is 0.327 e. The number of benzene rings is 2. The minimum atomic E-state index is -0.981. The van der Waals surface area contributed by atoms with Gasteiger partial charge in [-0.05, 0) is 34.2 Å². The molecule has 2 nitrogen and oxygen atoms in total. The number of hydrogen-bond acceptors (Lipinski definition) is 1. The summed E-state index contributed by atoms with van der Waals surface area (Å²) in [6, 6.07) is 15.1. The molecule has 0 bridgehead atoms. The van der Waals surface area contributed by atoms with E-state index in [1.54, 1.807) is 0 Å². The molecule has 0 radical (unpaired) electrons. The molecule has 1 aliphatic carbocycles. The van der Waals surface area contributed by atoms with Crippen LogP contribution in [-0.2, 0) is 11.2 Å². The molecule has 100 valence electrons. The van der Waals surface area contributed by atoms with Crippen LogP contribution in [0, 0.1) is 0 Å². The molecular formula is C18H16O2. The summed E-state index contributed by atoms with van der Waals surface area (Å²) in [5, 5.41) is 7.60. The van der Waals surface area contributed by atoms with Crippen LogP contribution in [0.1, 0.15) is 16.7 Å². The van der Waals surface area contributed by atoms with Gasteiger partial charge in [-0.15, -0.1) is 0 Å². The average molecular weight is 264 g/mol. The number of fused-ring (bicyclic) bond motifs is 3. The number of carbonyl (C=O) groups is 1.